The largest absolute Gasteiger partial charge is 0.501 e. The van der Waals surface area contributed by atoms with Gasteiger partial charge in [-0.15, -0.1) is 64.3 Å². The van der Waals surface area contributed by atoms with E-state index in [9.17, 15) is 0 Å². The molecule has 4 aromatic heterocycles. The van der Waals surface area contributed by atoms with Gasteiger partial charge in [0, 0.05) is 45.5 Å². The van der Waals surface area contributed by atoms with Crippen LogP contribution in [0.2, 0.25) is 19.6 Å². The zero-order valence-electron chi connectivity index (χ0n) is 41.3. The van der Waals surface area contributed by atoms with Crippen molar-refractivity contribution in [1.29, 1.82) is 0 Å². The van der Waals surface area contributed by atoms with Gasteiger partial charge in [0.15, 0.2) is 5.65 Å². The van der Waals surface area contributed by atoms with Crippen LogP contribution in [0.4, 0.5) is 0 Å². The Bertz CT molecular complexity index is 3610. The number of fused-ring (bicyclic) bond motifs is 6. The maximum Gasteiger partial charge on any atom is 0.178 e. The molecule has 0 saturated carbocycles. The predicted octanol–water partition coefficient (Wildman–Crippen LogP) is 14.9. The van der Waals surface area contributed by atoms with Crippen molar-refractivity contribution in [2.45, 2.75) is 65.5 Å². The molecule has 1 radical (unpaired) electrons. The van der Waals surface area contributed by atoms with Crippen LogP contribution in [-0.4, -0.2) is 32.8 Å². The Balaban J connectivity index is 0.000000200. The maximum absolute atomic E-state index is 8.84. The number of aromatic nitrogens is 5. The normalized spacial score (nSPS) is 12.3. The van der Waals surface area contributed by atoms with Gasteiger partial charge in [-0.2, -0.15) is 0 Å². The van der Waals surface area contributed by atoms with Crippen molar-refractivity contribution in [1.82, 2.24) is 24.7 Å². The van der Waals surface area contributed by atoms with E-state index in [0.717, 1.165) is 83.1 Å². The van der Waals surface area contributed by atoms with Crippen LogP contribution in [0.1, 0.15) is 64.5 Å². The van der Waals surface area contributed by atoms with Crippen molar-refractivity contribution in [2.24, 2.45) is 0 Å². The summed E-state index contributed by atoms with van der Waals surface area (Å²) in [4.78, 5) is 9.98. The summed E-state index contributed by atoms with van der Waals surface area (Å²) in [6.45, 7) is 15.7. The van der Waals surface area contributed by atoms with Crippen molar-refractivity contribution in [3.8, 4) is 39.5 Å². The molecule has 0 atom stereocenters. The van der Waals surface area contributed by atoms with Crippen molar-refractivity contribution in [2.75, 3.05) is 0 Å². The molecular weight excluding hydrogens is 1030 g/mol. The van der Waals surface area contributed by atoms with Gasteiger partial charge in [-0.25, -0.2) is 0 Å². The second kappa shape index (κ2) is 19.4. The van der Waals surface area contributed by atoms with Crippen LogP contribution in [0.25, 0.3) is 83.5 Å². The smallest absolute Gasteiger partial charge is 0.178 e. The average Bonchev–Trinajstić information content (AvgIpc) is 3.96. The molecule has 4 heterocycles. The van der Waals surface area contributed by atoms with Gasteiger partial charge in [-0.05, 0) is 81.2 Å². The summed E-state index contributed by atoms with van der Waals surface area (Å²) >= 11 is 0. The molecule has 0 fully saturated rings. The third-order valence-corrected chi connectivity index (χ3v) is 14.3. The molecule has 0 spiro atoms. The van der Waals surface area contributed by atoms with E-state index in [2.05, 4.69) is 135 Å². The molecule has 0 bridgehead atoms. The van der Waals surface area contributed by atoms with Crippen molar-refractivity contribution < 1.29 is 27.3 Å². The molecule has 0 aliphatic rings. The van der Waals surface area contributed by atoms with Gasteiger partial charge in [-0.3, -0.25) is 4.98 Å². The fourth-order valence-corrected chi connectivity index (χ4v) is 10.3. The molecule has 0 unspecified atom stereocenters. The van der Waals surface area contributed by atoms with Gasteiger partial charge in [0.05, 0.1) is 25.0 Å². The van der Waals surface area contributed by atoms with E-state index in [0.29, 0.717) is 5.56 Å². The number of nitrogens with zero attached hydrogens (tertiary/aromatic N) is 5. The van der Waals surface area contributed by atoms with Crippen LogP contribution in [0, 0.1) is 12.1 Å². The molecule has 339 valence electrons. The van der Waals surface area contributed by atoms with Crippen LogP contribution in [0.3, 0.4) is 0 Å². The van der Waals surface area contributed by atoms with Gasteiger partial charge in [0.25, 0.3) is 0 Å². The number of imidazole rings is 1. The topological polar surface area (TPSA) is 69.6 Å². The van der Waals surface area contributed by atoms with E-state index in [1.807, 2.05) is 109 Å². The molecule has 7 aromatic carbocycles. The third-order valence-electron chi connectivity index (χ3n) is 12.3. The van der Waals surface area contributed by atoms with E-state index in [1.165, 1.54) is 22.3 Å². The number of hydrogen-bond acceptors (Lipinski definition) is 5. The van der Waals surface area contributed by atoms with Crippen molar-refractivity contribution >= 4 is 57.3 Å². The first-order valence-electron chi connectivity index (χ1n) is 24.0. The van der Waals surface area contributed by atoms with Crippen molar-refractivity contribution in [3.05, 3.63) is 204 Å². The summed E-state index contributed by atoms with van der Waals surface area (Å²) in [6, 6.07) is 61.2. The number of pyridine rings is 1. The Morgan fingerprint density at radius 3 is 2.01 bits per heavy atom. The number of hydrogen-bond donors (Lipinski definition) is 0. The summed E-state index contributed by atoms with van der Waals surface area (Å²) < 4.78 is 26.4. The van der Waals surface area contributed by atoms with E-state index >= 15 is 0 Å². The summed E-state index contributed by atoms with van der Waals surface area (Å²) in [7, 11) is -1.76. The third kappa shape index (κ3) is 9.00. The first kappa shape index (κ1) is 43.7. The molecule has 6 nitrogen and oxygen atoms in total. The second-order valence-electron chi connectivity index (χ2n) is 18.7. The molecular formula is C60H53IrN5OSi-2. The molecule has 0 aliphatic heterocycles. The summed E-state index contributed by atoms with van der Waals surface area (Å²) in [5.41, 5.74) is 13.7. The van der Waals surface area contributed by atoms with E-state index < -0.39 is 14.4 Å². The zero-order valence-corrected chi connectivity index (χ0v) is 42.7. The van der Waals surface area contributed by atoms with Gasteiger partial charge < -0.3 is 14.0 Å². The van der Waals surface area contributed by atoms with E-state index in [1.54, 1.807) is 0 Å². The fourth-order valence-electron chi connectivity index (χ4n) is 8.93. The molecule has 11 aromatic rings. The predicted molar refractivity (Wildman–Crippen MR) is 280 cm³/mol. The Hall–Kier alpha value is -6.83. The molecule has 0 saturated heterocycles. The van der Waals surface area contributed by atoms with Gasteiger partial charge in [-0.1, -0.05) is 167 Å². The average molecular weight is 1080 g/mol. The number of rotatable bonds is 9. The van der Waals surface area contributed by atoms with Crippen LogP contribution >= 0.6 is 0 Å². The number of furan rings is 1. The fraction of sp³-hybridized carbons (Fsp3) is 0.167. The Kier molecular flexibility index (Phi) is 12.5. The molecule has 0 amide bonds. The second-order valence-corrected chi connectivity index (χ2v) is 23.7. The summed E-state index contributed by atoms with van der Waals surface area (Å²) in [5.74, 6) is 1.21. The van der Waals surface area contributed by atoms with Gasteiger partial charge >= 0.3 is 0 Å². The van der Waals surface area contributed by atoms with Crippen LogP contribution in [0.5, 0.6) is 0 Å². The first-order valence-corrected chi connectivity index (χ1v) is 26.5. The molecule has 0 N–H and O–H groups in total. The van der Waals surface area contributed by atoms with Gasteiger partial charge in [0.1, 0.15) is 11.1 Å². The standard InChI is InChI=1S/C39H31N4O.C21H22NSi.Ir/c1-23(2)31-21-26(25-13-6-5-7-14-25)22-32(24(3)4)36(31)43-38(40-35-29-16-8-10-19-33(29)41-42-39(35)43)30-18-12-17-28-27-15-9-11-20-34(27)44-37(28)30;1-23(2,3)21-16-22-20(18-12-8-5-9-13-18)15-19(21)14-17-10-6-4-7-11-17;/h5-17,19-24H,1-4H3;4-12,15-16H,14H2,1-3H3;/q2*-1;/i;14D2;. The maximum atomic E-state index is 8.84. The van der Waals surface area contributed by atoms with Crippen LogP contribution in [0.15, 0.2) is 174 Å². The quantitative estimate of drug-likeness (QED) is 0.106. The number of benzene rings is 7. The minimum atomic E-state index is -1.76. The molecule has 0 aliphatic carbocycles. The molecule has 8 heteroatoms. The van der Waals surface area contributed by atoms with E-state index in [-0.39, 0.29) is 31.9 Å². The summed E-state index contributed by atoms with van der Waals surface area (Å²) in [6.07, 6.45) is 0.307. The molecule has 11 rings (SSSR count). The minimum absolute atomic E-state index is 0. The SMILES string of the molecule is CC(C)c1cc(-c2ccccc2)cc(C(C)C)c1-n1c(-c2[c-]ccc3c2oc2ccccc23)nc2c3ccccc3nnc21.[2H]C([2H])(c1ccccc1)c1cc(-c2[c-]cccc2)ncc1[Si](C)(C)C.[Ir]. The Labute approximate surface area is 416 Å². The number of para-hydroxylation sites is 1. The zero-order chi connectivity index (χ0) is 48.0. The van der Waals surface area contributed by atoms with Crippen molar-refractivity contribution in [3.63, 3.8) is 0 Å². The van der Waals surface area contributed by atoms with Crippen LogP contribution in [-0.2, 0) is 26.5 Å². The van der Waals surface area contributed by atoms with E-state index in [4.69, 9.17) is 17.2 Å². The monoisotopic (exact) mass is 1080 g/mol. The minimum Gasteiger partial charge on any atom is -0.501 e. The van der Waals surface area contributed by atoms with Gasteiger partial charge in [0.2, 0.25) is 0 Å². The molecule has 68 heavy (non-hydrogen) atoms. The first-order chi connectivity index (χ1) is 33.3. The Morgan fingerprint density at radius 2 is 1.32 bits per heavy atom. The van der Waals surface area contributed by atoms with Crippen LogP contribution < -0.4 is 5.19 Å². The Morgan fingerprint density at radius 1 is 0.662 bits per heavy atom. The summed E-state index contributed by atoms with van der Waals surface area (Å²) in [5, 5.41) is 13.6.